The van der Waals surface area contributed by atoms with E-state index in [-0.39, 0.29) is 12.3 Å². The molecular weight excluding hydrogens is 298 g/mol. The predicted octanol–water partition coefficient (Wildman–Crippen LogP) is 3.59. The van der Waals surface area contributed by atoms with Gasteiger partial charge in [-0.2, -0.15) is 0 Å². The Hall–Kier alpha value is -1.85. The molecule has 0 atom stereocenters. The fourth-order valence-corrected chi connectivity index (χ4v) is 2.83. The van der Waals surface area contributed by atoms with Gasteiger partial charge in [0, 0.05) is 5.69 Å². The molecule has 0 bridgehead atoms. The van der Waals surface area contributed by atoms with Gasteiger partial charge < -0.3 is 10.4 Å². The average molecular weight is 310 g/mol. The highest BCUT2D eigenvalue weighted by Gasteiger charge is 2.14. The zero-order valence-corrected chi connectivity index (χ0v) is 12.2. The number of rotatable bonds is 4. The molecule has 1 amide bonds. The first kappa shape index (κ1) is 14.6. The van der Waals surface area contributed by atoms with E-state index >= 15 is 0 Å². The summed E-state index contributed by atoms with van der Waals surface area (Å²) in [6, 6.07) is 6.69. The highest BCUT2D eigenvalue weighted by atomic mass is 35.5. The zero-order valence-electron chi connectivity index (χ0n) is 10.6. The lowest BCUT2D eigenvalue weighted by atomic mass is 10.1. The summed E-state index contributed by atoms with van der Waals surface area (Å²) < 4.78 is 0. The average Bonchev–Trinajstić information content (AvgIpc) is 2.72. The van der Waals surface area contributed by atoms with E-state index in [1.165, 1.54) is 11.3 Å². The number of nitrogens with one attached hydrogen (secondary N) is 1. The van der Waals surface area contributed by atoms with E-state index in [4.69, 9.17) is 16.7 Å². The van der Waals surface area contributed by atoms with Crippen LogP contribution in [0.2, 0.25) is 5.02 Å². The van der Waals surface area contributed by atoms with Crippen LogP contribution in [0.3, 0.4) is 0 Å². The maximum atomic E-state index is 12.0. The number of hydrogen-bond donors (Lipinski definition) is 2. The summed E-state index contributed by atoms with van der Waals surface area (Å²) >= 11 is 7.33. The summed E-state index contributed by atoms with van der Waals surface area (Å²) in [6.07, 6.45) is -0.0375. The molecule has 2 rings (SSSR count). The molecule has 2 N–H and O–H groups in total. The lowest BCUT2D eigenvalue weighted by molar-refractivity contribution is -0.136. The molecule has 1 heterocycles. The van der Waals surface area contributed by atoms with Gasteiger partial charge in [-0.3, -0.25) is 9.59 Å². The minimum Gasteiger partial charge on any atom is -0.481 e. The van der Waals surface area contributed by atoms with Crippen LogP contribution in [-0.2, 0) is 11.2 Å². The third-order valence-corrected chi connectivity index (χ3v) is 4.37. The second-order valence-electron chi connectivity index (χ2n) is 4.28. The number of aliphatic carboxylic acids is 1. The molecule has 0 aliphatic carbocycles. The molecule has 6 heteroatoms. The first-order chi connectivity index (χ1) is 9.47. The van der Waals surface area contributed by atoms with Gasteiger partial charge in [0.05, 0.1) is 11.4 Å². The Balaban J connectivity index is 2.08. The Morgan fingerprint density at radius 2 is 1.95 bits per heavy atom. The van der Waals surface area contributed by atoms with Gasteiger partial charge in [-0.15, -0.1) is 11.3 Å². The highest BCUT2D eigenvalue weighted by Crippen LogP contribution is 2.27. The van der Waals surface area contributed by atoms with E-state index in [2.05, 4.69) is 5.32 Å². The van der Waals surface area contributed by atoms with Gasteiger partial charge in [0.2, 0.25) is 0 Å². The lowest BCUT2D eigenvalue weighted by Gasteiger charge is -2.05. The summed E-state index contributed by atoms with van der Waals surface area (Å²) in [5, 5.41) is 13.7. The fraction of sp³-hybridized carbons (Fsp3) is 0.143. The van der Waals surface area contributed by atoms with Crippen molar-refractivity contribution in [2.45, 2.75) is 13.3 Å². The van der Waals surface area contributed by atoms with Crippen LogP contribution < -0.4 is 5.32 Å². The van der Waals surface area contributed by atoms with E-state index < -0.39 is 5.97 Å². The molecule has 0 saturated heterocycles. The monoisotopic (exact) mass is 309 g/mol. The topological polar surface area (TPSA) is 66.4 Å². The van der Waals surface area contributed by atoms with Crippen LogP contribution in [0.4, 0.5) is 5.69 Å². The minimum atomic E-state index is -0.886. The molecule has 0 aliphatic heterocycles. The van der Waals surface area contributed by atoms with Crippen molar-refractivity contribution in [3.63, 3.8) is 0 Å². The van der Waals surface area contributed by atoms with Gasteiger partial charge in [0.15, 0.2) is 0 Å². The number of carboxylic acids is 1. The number of carbonyl (C=O) groups is 2. The van der Waals surface area contributed by atoms with E-state index in [1.807, 2.05) is 12.3 Å². The quantitative estimate of drug-likeness (QED) is 0.907. The van der Waals surface area contributed by atoms with Crippen LogP contribution in [0.5, 0.6) is 0 Å². The fourth-order valence-electron chi connectivity index (χ4n) is 1.65. The second kappa shape index (κ2) is 6.07. The molecule has 0 radical (unpaired) electrons. The molecule has 0 spiro atoms. The van der Waals surface area contributed by atoms with Crippen molar-refractivity contribution in [3.05, 3.63) is 50.7 Å². The Morgan fingerprint density at radius 1 is 1.30 bits per heavy atom. The first-order valence-corrected chi connectivity index (χ1v) is 7.09. The minimum absolute atomic E-state index is 0.0375. The molecule has 1 aromatic heterocycles. The molecule has 20 heavy (non-hydrogen) atoms. The van der Waals surface area contributed by atoms with Gasteiger partial charge in [-0.05, 0) is 35.6 Å². The summed E-state index contributed by atoms with van der Waals surface area (Å²) in [4.78, 5) is 23.1. The van der Waals surface area contributed by atoms with Crippen LogP contribution in [0.25, 0.3) is 0 Å². The van der Waals surface area contributed by atoms with E-state index in [0.717, 1.165) is 5.56 Å². The van der Waals surface area contributed by atoms with Gasteiger partial charge in [-0.25, -0.2) is 0 Å². The largest absolute Gasteiger partial charge is 0.481 e. The Morgan fingerprint density at radius 3 is 2.45 bits per heavy atom. The van der Waals surface area contributed by atoms with Crippen molar-refractivity contribution in [1.82, 2.24) is 0 Å². The van der Waals surface area contributed by atoms with Crippen molar-refractivity contribution in [2.75, 3.05) is 5.32 Å². The number of thiophene rings is 1. The van der Waals surface area contributed by atoms with Crippen molar-refractivity contribution in [1.29, 1.82) is 0 Å². The smallest absolute Gasteiger partial charge is 0.307 e. The number of anilines is 1. The van der Waals surface area contributed by atoms with Crippen LogP contribution in [0.15, 0.2) is 29.6 Å². The Labute approximate surface area is 125 Å². The van der Waals surface area contributed by atoms with E-state index in [0.29, 0.717) is 21.2 Å². The van der Waals surface area contributed by atoms with Gasteiger partial charge in [0.25, 0.3) is 5.91 Å². The second-order valence-corrected chi connectivity index (χ2v) is 5.54. The van der Waals surface area contributed by atoms with Crippen LogP contribution >= 0.6 is 22.9 Å². The standard InChI is InChI=1S/C14H12ClNO3S/c1-8-7-20-13(12(8)15)14(19)16-10-4-2-9(3-5-10)6-11(17)18/h2-5,7H,6H2,1H3,(H,16,19)(H,17,18). The van der Waals surface area contributed by atoms with Gasteiger partial charge in [-0.1, -0.05) is 23.7 Å². The number of carboxylic acid groups (broad SMARTS) is 1. The van der Waals surface area contributed by atoms with E-state index in [1.54, 1.807) is 24.3 Å². The molecule has 104 valence electrons. The Bertz CT molecular complexity index is 649. The molecule has 0 fully saturated rings. The van der Waals surface area contributed by atoms with Crippen LogP contribution in [-0.4, -0.2) is 17.0 Å². The molecule has 2 aromatic rings. The van der Waals surface area contributed by atoms with Crippen molar-refractivity contribution < 1.29 is 14.7 Å². The van der Waals surface area contributed by atoms with Crippen molar-refractivity contribution in [3.8, 4) is 0 Å². The summed E-state index contributed by atoms with van der Waals surface area (Å²) in [6.45, 7) is 1.84. The maximum Gasteiger partial charge on any atom is 0.307 e. The summed E-state index contributed by atoms with van der Waals surface area (Å²) in [7, 11) is 0. The summed E-state index contributed by atoms with van der Waals surface area (Å²) in [5.41, 5.74) is 2.16. The molecular formula is C14H12ClNO3S. The van der Waals surface area contributed by atoms with Crippen molar-refractivity contribution in [2.24, 2.45) is 0 Å². The third kappa shape index (κ3) is 3.37. The number of carbonyl (C=O) groups excluding carboxylic acids is 1. The SMILES string of the molecule is Cc1csc(C(=O)Nc2ccc(CC(=O)O)cc2)c1Cl. The normalized spacial score (nSPS) is 10.3. The molecule has 0 saturated carbocycles. The highest BCUT2D eigenvalue weighted by molar-refractivity contribution is 7.13. The maximum absolute atomic E-state index is 12.0. The molecule has 4 nitrogen and oxygen atoms in total. The predicted molar refractivity (Wildman–Crippen MR) is 79.8 cm³/mol. The van der Waals surface area contributed by atoms with Crippen molar-refractivity contribution >= 4 is 40.5 Å². The summed E-state index contributed by atoms with van der Waals surface area (Å²) in [5.74, 6) is -1.15. The number of benzene rings is 1. The lowest BCUT2D eigenvalue weighted by Crippen LogP contribution is -2.10. The van der Waals surface area contributed by atoms with Crippen LogP contribution in [0, 0.1) is 6.92 Å². The number of halogens is 1. The number of hydrogen-bond acceptors (Lipinski definition) is 3. The number of amides is 1. The molecule has 0 unspecified atom stereocenters. The molecule has 0 aliphatic rings. The van der Waals surface area contributed by atoms with Gasteiger partial charge >= 0.3 is 5.97 Å². The third-order valence-electron chi connectivity index (χ3n) is 2.67. The van der Waals surface area contributed by atoms with Crippen LogP contribution in [0.1, 0.15) is 20.8 Å². The zero-order chi connectivity index (χ0) is 14.7. The Kier molecular flexibility index (Phi) is 4.42. The molecule has 1 aromatic carbocycles. The number of aryl methyl sites for hydroxylation is 1. The van der Waals surface area contributed by atoms with Gasteiger partial charge in [0.1, 0.15) is 4.88 Å². The van der Waals surface area contributed by atoms with E-state index in [9.17, 15) is 9.59 Å². The first-order valence-electron chi connectivity index (χ1n) is 5.83.